The molecule has 0 saturated heterocycles. The van der Waals surface area contributed by atoms with Crippen molar-refractivity contribution in [3.8, 4) is 0 Å². The molecule has 5 heavy (non-hydrogen) atoms. The summed E-state index contributed by atoms with van der Waals surface area (Å²) in [4.78, 5) is 0. The number of rotatable bonds is 0. The van der Waals surface area contributed by atoms with Gasteiger partial charge in [0.1, 0.15) is 0 Å². The molecule has 0 fully saturated rings. The molecule has 2 nitrogen and oxygen atoms in total. The van der Waals surface area contributed by atoms with Crippen molar-refractivity contribution in [1.29, 1.82) is 0 Å². The molecule has 0 aromatic rings. The van der Waals surface area contributed by atoms with Gasteiger partial charge < -0.3 is 11.0 Å². The van der Waals surface area contributed by atoms with E-state index < -0.39 is 0 Å². The van der Waals surface area contributed by atoms with E-state index in [0.717, 1.165) is 0 Å². The minimum Gasteiger partial charge on any atom is -2.00 e. The minimum absolute atomic E-state index is 0. The second-order valence-electron chi connectivity index (χ2n) is 0. The molecule has 0 unspecified atom stereocenters. The van der Waals surface area contributed by atoms with Gasteiger partial charge in [-0.15, -0.1) is 0 Å². The first-order chi connectivity index (χ1) is 0. The summed E-state index contributed by atoms with van der Waals surface area (Å²) >= 11 is 0. The normalized spacial score (nSPS) is 0. The molecule has 16 valence electrons. The van der Waals surface area contributed by atoms with Gasteiger partial charge >= 0.3 is 101 Å². The van der Waals surface area contributed by atoms with E-state index in [-0.39, 0.29) is 112 Å². The molecule has 0 aliphatic carbocycles. The third kappa shape index (κ3) is 18.9. The van der Waals surface area contributed by atoms with Gasteiger partial charge in [0.05, 0.1) is 0 Å². The Morgan fingerprint density at radius 3 is 0.600 bits per heavy atom. The van der Waals surface area contributed by atoms with Crippen molar-refractivity contribution >= 4 is 48.9 Å². The van der Waals surface area contributed by atoms with Gasteiger partial charge in [0.2, 0.25) is 0 Å². The van der Waals surface area contributed by atoms with E-state index in [0.29, 0.717) is 0 Å². The molecule has 0 radical (unpaired) electrons. The fraction of sp³-hybridized carbons (Fsp3) is 0. The first-order valence-electron chi connectivity index (χ1n) is 0. The van der Waals surface area contributed by atoms with Crippen molar-refractivity contribution in [3.05, 3.63) is 0 Å². The molecule has 0 spiro atoms. The summed E-state index contributed by atoms with van der Waals surface area (Å²) in [7, 11) is 0. The smallest absolute Gasteiger partial charge is 2.00 e. The summed E-state index contributed by atoms with van der Waals surface area (Å²) in [6, 6.07) is 0. The van der Waals surface area contributed by atoms with E-state index in [9.17, 15) is 0 Å². The molecule has 0 bridgehead atoms. The van der Waals surface area contributed by atoms with E-state index in [2.05, 4.69) is 0 Å². The van der Waals surface area contributed by atoms with Crippen LogP contribution in [-0.2, 0) is 63.4 Å². The second kappa shape index (κ2) is 26.8. The molecule has 0 amide bonds. The Kier molecular flexibility index (Phi) is 220. The van der Waals surface area contributed by atoms with Crippen molar-refractivity contribution in [2.24, 2.45) is 0 Å². The molecular formula is BaO2Zr2+6. The Labute approximate surface area is 109 Å². The molecule has 0 aromatic carbocycles. The van der Waals surface area contributed by atoms with Crippen LogP contribution in [0.3, 0.4) is 0 Å². The van der Waals surface area contributed by atoms with Crippen LogP contribution < -0.4 is 0 Å². The largest absolute Gasteiger partial charge is 4.00 e. The van der Waals surface area contributed by atoms with E-state index >= 15 is 0 Å². The standard InChI is InChI=1S/Ba.2O.2Zr/q+2;2*-2;2*+4. The van der Waals surface area contributed by atoms with Crippen molar-refractivity contribution in [3.63, 3.8) is 0 Å². The van der Waals surface area contributed by atoms with Crippen LogP contribution in [0.25, 0.3) is 0 Å². The van der Waals surface area contributed by atoms with E-state index in [1.54, 1.807) is 0 Å². The van der Waals surface area contributed by atoms with Crippen molar-refractivity contribution in [2.75, 3.05) is 0 Å². The molecule has 0 aromatic heterocycles. The van der Waals surface area contributed by atoms with Gasteiger partial charge in [-0.1, -0.05) is 0 Å². The zero-order chi connectivity index (χ0) is 0. The molecule has 0 aliphatic heterocycles. The Morgan fingerprint density at radius 2 is 0.600 bits per heavy atom. The SMILES string of the molecule is [Ba+2].[O-2].[O-2].[Zr+4].[Zr+4]. The van der Waals surface area contributed by atoms with Crippen LogP contribution in [0, 0.1) is 0 Å². The maximum absolute atomic E-state index is 0. The molecule has 5 heteroatoms. The van der Waals surface area contributed by atoms with Gasteiger partial charge in [0.15, 0.2) is 0 Å². The summed E-state index contributed by atoms with van der Waals surface area (Å²) in [5, 5.41) is 0. The van der Waals surface area contributed by atoms with Crippen LogP contribution >= 0.6 is 0 Å². The van der Waals surface area contributed by atoms with Crippen LogP contribution in [0.5, 0.6) is 0 Å². The summed E-state index contributed by atoms with van der Waals surface area (Å²) in [5.74, 6) is 0. The quantitative estimate of drug-likeness (QED) is 0.522. The first kappa shape index (κ1) is 41.0. The Hall–Kier alpha value is 3.26. The predicted molar refractivity (Wildman–Crippen MR) is 7.13 cm³/mol. The summed E-state index contributed by atoms with van der Waals surface area (Å²) in [6.45, 7) is 0. The van der Waals surface area contributed by atoms with Crippen molar-refractivity contribution in [2.45, 2.75) is 0 Å². The average Bonchev–Trinajstić information content (AvgIpc) is 0. The topological polar surface area (TPSA) is 57.0 Å². The third-order valence-electron chi connectivity index (χ3n) is 0. The molecule has 0 rings (SSSR count). The Balaban J connectivity index is 0. The van der Waals surface area contributed by atoms with Crippen LogP contribution in [-0.4, -0.2) is 48.9 Å². The Morgan fingerprint density at radius 1 is 0.600 bits per heavy atom. The maximum Gasteiger partial charge on any atom is 4.00 e. The number of hydrogen-bond acceptors (Lipinski definition) is 0. The average molecular weight is 352 g/mol. The Bertz CT molecular complexity index is 7.61. The zero-order valence-corrected chi connectivity index (χ0v) is 11.9. The zero-order valence-electron chi connectivity index (χ0n) is 2.52. The first-order valence-corrected chi connectivity index (χ1v) is 0. The maximum atomic E-state index is 0. The fourth-order valence-corrected chi connectivity index (χ4v) is 0. The number of hydrogen-bond donors (Lipinski definition) is 0. The molecule has 0 aliphatic rings. The van der Waals surface area contributed by atoms with Crippen molar-refractivity contribution < 1.29 is 63.4 Å². The molecule has 0 heterocycles. The summed E-state index contributed by atoms with van der Waals surface area (Å²) in [5.41, 5.74) is 0. The molecule has 0 atom stereocenters. The predicted octanol–water partition coefficient (Wildman–Crippen LogP) is -0.623. The van der Waals surface area contributed by atoms with Gasteiger partial charge in [-0.3, -0.25) is 0 Å². The molecule has 0 saturated carbocycles. The van der Waals surface area contributed by atoms with E-state index in [1.165, 1.54) is 0 Å². The van der Waals surface area contributed by atoms with Crippen LogP contribution in [0.15, 0.2) is 0 Å². The van der Waals surface area contributed by atoms with Crippen LogP contribution in [0.2, 0.25) is 0 Å². The van der Waals surface area contributed by atoms with Crippen molar-refractivity contribution in [1.82, 2.24) is 0 Å². The third-order valence-corrected chi connectivity index (χ3v) is 0. The fourth-order valence-electron chi connectivity index (χ4n) is 0. The van der Waals surface area contributed by atoms with E-state index in [4.69, 9.17) is 0 Å². The molecule has 0 N–H and O–H groups in total. The van der Waals surface area contributed by atoms with Crippen LogP contribution in [0.1, 0.15) is 0 Å². The monoisotopic (exact) mass is 350 g/mol. The van der Waals surface area contributed by atoms with Gasteiger partial charge in [-0.25, -0.2) is 0 Å². The minimum atomic E-state index is 0. The van der Waals surface area contributed by atoms with E-state index in [1.807, 2.05) is 0 Å². The summed E-state index contributed by atoms with van der Waals surface area (Å²) in [6.07, 6.45) is 0. The molecular weight excluding hydrogens is 352 g/mol. The second-order valence-corrected chi connectivity index (χ2v) is 0. The van der Waals surface area contributed by atoms with Gasteiger partial charge in [0.25, 0.3) is 0 Å². The van der Waals surface area contributed by atoms with Gasteiger partial charge in [-0.05, 0) is 0 Å². The van der Waals surface area contributed by atoms with Crippen LogP contribution in [0.4, 0.5) is 0 Å². The van der Waals surface area contributed by atoms with Gasteiger partial charge in [-0.2, -0.15) is 0 Å². The summed E-state index contributed by atoms with van der Waals surface area (Å²) < 4.78 is 0. The van der Waals surface area contributed by atoms with Gasteiger partial charge in [0, 0.05) is 0 Å².